The van der Waals surface area contributed by atoms with Crippen LogP contribution in [0.3, 0.4) is 0 Å². The fourth-order valence-electron chi connectivity index (χ4n) is 4.38. The molecule has 0 saturated carbocycles. The monoisotopic (exact) mass is 457 g/mol. The van der Waals surface area contributed by atoms with Crippen LogP contribution in [0.5, 0.6) is 0 Å². The van der Waals surface area contributed by atoms with E-state index in [4.69, 9.17) is 4.42 Å². The third-order valence-electron chi connectivity index (χ3n) is 6.51. The molecule has 0 spiro atoms. The Bertz CT molecular complexity index is 1240. The standard InChI is InChI=1S/C29H31NO4/c1-6-19-10-12-20(13-11-19)25-24(27(32)28(33)30(25)17-22-8-7-15-34-22)26(31)23-16-21(29(3,4)5)14-9-18(23)2/h7-16,25,31H,6,17H2,1-5H3/b26-24+. The summed E-state index contributed by atoms with van der Waals surface area (Å²) in [4.78, 5) is 28.0. The lowest BCUT2D eigenvalue weighted by molar-refractivity contribution is -0.140. The molecule has 0 bridgehead atoms. The number of hydrogen-bond donors (Lipinski definition) is 1. The number of rotatable bonds is 5. The number of ketones is 1. The number of nitrogens with zero attached hydrogens (tertiary/aromatic N) is 1. The number of likely N-dealkylation sites (tertiary alicyclic amines) is 1. The normalized spacial score (nSPS) is 18.0. The van der Waals surface area contributed by atoms with Gasteiger partial charge in [0.25, 0.3) is 11.7 Å². The van der Waals surface area contributed by atoms with Gasteiger partial charge in [-0.15, -0.1) is 0 Å². The summed E-state index contributed by atoms with van der Waals surface area (Å²) in [6.45, 7) is 10.4. The van der Waals surface area contributed by atoms with Crippen molar-refractivity contribution in [1.29, 1.82) is 0 Å². The molecular formula is C29H31NO4. The second-order valence-corrected chi connectivity index (χ2v) is 9.88. The first-order valence-corrected chi connectivity index (χ1v) is 11.6. The number of carbonyl (C=O) groups excluding carboxylic acids is 2. The third kappa shape index (κ3) is 4.30. The number of carbonyl (C=O) groups is 2. The zero-order chi connectivity index (χ0) is 24.6. The molecule has 34 heavy (non-hydrogen) atoms. The van der Waals surface area contributed by atoms with Gasteiger partial charge in [-0.2, -0.15) is 0 Å². The number of furan rings is 1. The average molecular weight is 458 g/mol. The number of aryl methyl sites for hydroxylation is 2. The number of Topliss-reactive ketones (excluding diaryl/α,β-unsaturated/α-hetero) is 1. The first-order valence-electron chi connectivity index (χ1n) is 11.6. The summed E-state index contributed by atoms with van der Waals surface area (Å²) in [5.41, 5.74) is 4.34. The van der Waals surface area contributed by atoms with E-state index in [-0.39, 0.29) is 23.3 Å². The van der Waals surface area contributed by atoms with Gasteiger partial charge in [0.1, 0.15) is 11.5 Å². The van der Waals surface area contributed by atoms with Gasteiger partial charge in [-0.05, 0) is 59.2 Å². The molecular weight excluding hydrogens is 426 g/mol. The maximum atomic E-state index is 13.3. The molecule has 1 N–H and O–H groups in total. The second kappa shape index (κ2) is 8.98. The van der Waals surface area contributed by atoms with Crippen molar-refractivity contribution < 1.29 is 19.1 Å². The van der Waals surface area contributed by atoms with Crippen LogP contribution in [0.25, 0.3) is 5.76 Å². The lowest BCUT2D eigenvalue weighted by Gasteiger charge is -2.25. The van der Waals surface area contributed by atoms with Crippen molar-refractivity contribution >= 4 is 17.4 Å². The topological polar surface area (TPSA) is 70.8 Å². The van der Waals surface area contributed by atoms with Crippen molar-refractivity contribution in [3.63, 3.8) is 0 Å². The number of hydrogen-bond acceptors (Lipinski definition) is 4. The zero-order valence-electron chi connectivity index (χ0n) is 20.4. The van der Waals surface area contributed by atoms with Crippen LogP contribution in [0.2, 0.25) is 0 Å². The lowest BCUT2D eigenvalue weighted by Crippen LogP contribution is -2.29. The Morgan fingerprint density at radius 1 is 1.06 bits per heavy atom. The fraction of sp³-hybridized carbons (Fsp3) is 0.310. The Kier molecular flexibility index (Phi) is 6.22. The quantitative estimate of drug-likeness (QED) is 0.287. The van der Waals surface area contributed by atoms with Gasteiger partial charge in [0.2, 0.25) is 0 Å². The van der Waals surface area contributed by atoms with E-state index >= 15 is 0 Å². The van der Waals surface area contributed by atoms with E-state index in [2.05, 4.69) is 27.7 Å². The molecule has 5 heteroatoms. The largest absolute Gasteiger partial charge is 0.507 e. The van der Waals surface area contributed by atoms with Crippen LogP contribution in [0.15, 0.2) is 70.9 Å². The van der Waals surface area contributed by atoms with Crippen molar-refractivity contribution in [3.8, 4) is 0 Å². The van der Waals surface area contributed by atoms with Crippen LogP contribution >= 0.6 is 0 Å². The van der Waals surface area contributed by atoms with Crippen molar-refractivity contribution in [3.05, 3.63) is 100 Å². The van der Waals surface area contributed by atoms with Crippen molar-refractivity contribution in [2.24, 2.45) is 0 Å². The highest BCUT2D eigenvalue weighted by atomic mass is 16.3. The molecule has 4 rings (SSSR count). The summed E-state index contributed by atoms with van der Waals surface area (Å²) in [6, 6.07) is 16.5. The average Bonchev–Trinajstić information content (AvgIpc) is 3.40. The second-order valence-electron chi connectivity index (χ2n) is 9.88. The molecule has 0 radical (unpaired) electrons. The highest BCUT2D eigenvalue weighted by Gasteiger charge is 2.46. The zero-order valence-corrected chi connectivity index (χ0v) is 20.4. The maximum Gasteiger partial charge on any atom is 0.296 e. The van der Waals surface area contributed by atoms with Gasteiger partial charge in [-0.25, -0.2) is 0 Å². The van der Waals surface area contributed by atoms with Crippen LogP contribution in [0, 0.1) is 6.92 Å². The van der Waals surface area contributed by atoms with Crippen molar-refractivity contribution in [1.82, 2.24) is 4.90 Å². The summed E-state index contributed by atoms with van der Waals surface area (Å²) in [6.07, 6.45) is 2.42. The third-order valence-corrected chi connectivity index (χ3v) is 6.51. The Morgan fingerprint density at radius 2 is 1.76 bits per heavy atom. The molecule has 2 heterocycles. The summed E-state index contributed by atoms with van der Waals surface area (Å²) < 4.78 is 5.47. The Hall–Kier alpha value is -3.60. The SMILES string of the molecule is CCc1ccc(C2/C(=C(\O)c3cc(C(C)(C)C)ccc3C)C(=O)C(=O)N2Cc2ccco2)cc1. The van der Waals surface area contributed by atoms with Crippen LogP contribution in [0.4, 0.5) is 0 Å². The minimum absolute atomic E-state index is 0.106. The summed E-state index contributed by atoms with van der Waals surface area (Å²) in [5, 5.41) is 11.5. The fourth-order valence-corrected chi connectivity index (χ4v) is 4.38. The first-order chi connectivity index (χ1) is 16.1. The lowest BCUT2D eigenvalue weighted by atomic mass is 9.84. The van der Waals surface area contributed by atoms with Gasteiger partial charge in [0, 0.05) is 5.56 Å². The van der Waals surface area contributed by atoms with E-state index in [1.54, 1.807) is 18.4 Å². The minimum atomic E-state index is -0.714. The number of aliphatic hydroxyl groups is 1. The van der Waals surface area contributed by atoms with E-state index in [0.29, 0.717) is 11.3 Å². The molecule has 5 nitrogen and oxygen atoms in total. The van der Waals surface area contributed by atoms with Gasteiger partial charge in [0.05, 0.1) is 24.4 Å². The predicted octanol–water partition coefficient (Wildman–Crippen LogP) is 6.07. The first kappa shape index (κ1) is 23.6. The van der Waals surface area contributed by atoms with Gasteiger partial charge in [-0.3, -0.25) is 9.59 Å². The van der Waals surface area contributed by atoms with Crippen molar-refractivity contribution in [2.45, 2.75) is 59.0 Å². The van der Waals surface area contributed by atoms with E-state index in [0.717, 1.165) is 28.7 Å². The Labute approximate surface area is 200 Å². The predicted molar refractivity (Wildman–Crippen MR) is 132 cm³/mol. The molecule has 1 unspecified atom stereocenters. The van der Waals surface area contributed by atoms with E-state index in [1.165, 1.54) is 4.90 Å². The molecule has 176 valence electrons. The smallest absolute Gasteiger partial charge is 0.296 e. The number of aliphatic hydroxyl groups excluding tert-OH is 1. The van der Waals surface area contributed by atoms with Gasteiger partial charge in [-0.1, -0.05) is 64.1 Å². The van der Waals surface area contributed by atoms with Crippen LogP contribution in [0.1, 0.15) is 67.3 Å². The van der Waals surface area contributed by atoms with Gasteiger partial charge < -0.3 is 14.4 Å². The summed E-state index contributed by atoms with van der Waals surface area (Å²) in [5.74, 6) is -0.905. The molecule has 1 amide bonds. The number of benzene rings is 2. The number of amides is 1. The highest BCUT2D eigenvalue weighted by Crippen LogP contribution is 2.41. The molecule has 1 atom stereocenters. The van der Waals surface area contributed by atoms with Gasteiger partial charge in [0.15, 0.2) is 0 Å². The highest BCUT2D eigenvalue weighted by molar-refractivity contribution is 6.46. The molecule has 1 aliphatic heterocycles. The molecule has 3 aromatic rings. The van der Waals surface area contributed by atoms with E-state index in [9.17, 15) is 14.7 Å². The molecule has 1 aliphatic rings. The molecule has 0 aliphatic carbocycles. The van der Waals surface area contributed by atoms with Crippen LogP contribution in [-0.4, -0.2) is 21.7 Å². The molecule has 1 aromatic heterocycles. The van der Waals surface area contributed by atoms with Crippen LogP contribution in [-0.2, 0) is 28.0 Å². The van der Waals surface area contributed by atoms with Crippen molar-refractivity contribution in [2.75, 3.05) is 0 Å². The molecule has 1 fully saturated rings. The molecule has 2 aromatic carbocycles. The van der Waals surface area contributed by atoms with E-state index in [1.807, 2.05) is 49.4 Å². The van der Waals surface area contributed by atoms with Gasteiger partial charge >= 0.3 is 0 Å². The maximum absolute atomic E-state index is 13.3. The summed E-state index contributed by atoms with van der Waals surface area (Å²) >= 11 is 0. The molecule has 1 saturated heterocycles. The Balaban J connectivity index is 1.90. The minimum Gasteiger partial charge on any atom is -0.507 e. The summed E-state index contributed by atoms with van der Waals surface area (Å²) in [7, 11) is 0. The van der Waals surface area contributed by atoms with E-state index < -0.39 is 17.7 Å². The van der Waals surface area contributed by atoms with Crippen LogP contribution < -0.4 is 0 Å². The Morgan fingerprint density at radius 3 is 2.35 bits per heavy atom.